The van der Waals surface area contributed by atoms with Crippen LogP contribution in [-0.2, 0) is 10.3 Å². The second-order valence-electron chi connectivity index (χ2n) is 3.50. The van der Waals surface area contributed by atoms with E-state index in [9.17, 15) is 8.42 Å². The van der Waals surface area contributed by atoms with Gasteiger partial charge in [0.25, 0.3) is 0 Å². The molecule has 1 rings (SSSR count). The Bertz CT molecular complexity index is 233. The summed E-state index contributed by atoms with van der Waals surface area (Å²) in [6.45, 7) is 0.942. The summed E-state index contributed by atoms with van der Waals surface area (Å²) in [6, 6.07) is 0. The molecule has 0 spiro atoms. The van der Waals surface area contributed by atoms with E-state index in [1.54, 1.807) is 0 Å². The van der Waals surface area contributed by atoms with Crippen LogP contribution in [0, 0.1) is 0 Å². The number of hydrogen-bond donors (Lipinski definition) is 1. The molecule has 6 heteroatoms. The molecule has 1 fully saturated rings. The molecule has 4 nitrogen and oxygen atoms in total. The number of hydrogen-bond acceptors (Lipinski definition) is 2. The van der Waals surface area contributed by atoms with Crippen LogP contribution in [0.1, 0.15) is 38.5 Å². The van der Waals surface area contributed by atoms with Gasteiger partial charge >= 0.3 is 39.9 Å². The molecule has 1 aliphatic rings. The van der Waals surface area contributed by atoms with E-state index in [4.69, 9.17) is 4.55 Å². The predicted octanol–water partition coefficient (Wildman–Crippen LogP) is 0.797. The van der Waals surface area contributed by atoms with Crippen molar-refractivity contribution in [3.8, 4) is 0 Å². The molecule has 0 radical (unpaired) electrons. The van der Waals surface area contributed by atoms with Gasteiger partial charge in [-0.15, -0.1) is 0 Å². The van der Waals surface area contributed by atoms with Crippen LogP contribution in [-0.4, -0.2) is 59.9 Å². The summed E-state index contributed by atoms with van der Waals surface area (Å²) in [5.41, 5.74) is 0. The quantitative estimate of drug-likeness (QED) is 0.536. The van der Waals surface area contributed by atoms with Crippen molar-refractivity contribution in [1.82, 2.24) is 4.31 Å². The van der Waals surface area contributed by atoms with E-state index < -0.39 is 10.3 Å². The van der Waals surface area contributed by atoms with Gasteiger partial charge in [0.1, 0.15) is 0 Å². The van der Waals surface area contributed by atoms with Crippen LogP contribution in [0.25, 0.3) is 0 Å². The molecular formula is C8H18NNaO3S. The summed E-state index contributed by atoms with van der Waals surface area (Å²) >= 11 is 0. The van der Waals surface area contributed by atoms with Crippen LogP contribution in [0.5, 0.6) is 0 Å². The van der Waals surface area contributed by atoms with Crippen molar-refractivity contribution in [2.75, 3.05) is 13.1 Å². The molecule has 0 aromatic rings. The first-order valence-corrected chi connectivity index (χ1v) is 6.23. The molecule has 14 heavy (non-hydrogen) atoms. The first-order chi connectivity index (χ1) is 6.11. The van der Waals surface area contributed by atoms with E-state index in [0.717, 1.165) is 25.7 Å². The maximum absolute atomic E-state index is 10.8. The average Bonchev–Trinajstić information content (AvgIpc) is 2.14. The Hall–Kier alpha value is 0.870. The molecular weight excluding hydrogens is 213 g/mol. The minimum atomic E-state index is -3.95. The number of nitrogens with zero attached hydrogens (tertiary/aromatic N) is 1. The molecule has 1 N–H and O–H groups in total. The molecule has 1 heterocycles. The van der Waals surface area contributed by atoms with Gasteiger partial charge in [-0.05, 0) is 12.8 Å². The summed E-state index contributed by atoms with van der Waals surface area (Å²) in [5, 5.41) is 0. The van der Waals surface area contributed by atoms with Crippen LogP contribution in [0.3, 0.4) is 0 Å². The normalized spacial score (nSPS) is 21.5. The molecule has 0 aromatic carbocycles. The third kappa shape index (κ3) is 5.68. The van der Waals surface area contributed by atoms with Crippen molar-refractivity contribution in [1.29, 1.82) is 0 Å². The Balaban J connectivity index is 0.00000169. The Labute approximate surface area is 108 Å². The molecule has 1 aliphatic heterocycles. The van der Waals surface area contributed by atoms with Gasteiger partial charge in [-0.2, -0.15) is 12.7 Å². The minimum absolute atomic E-state index is 0. The maximum atomic E-state index is 10.8. The van der Waals surface area contributed by atoms with E-state index in [0.29, 0.717) is 13.1 Å². The van der Waals surface area contributed by atoms with E-state index in [1.165, 1.54) is 17.1 Å². The molecule has 0 unspecified atom stereocenters. The van der Waals surface area contributed by atoms with Crippen molar-refractivity contribution in [3.63, 3.8) is 0 Å². The molecule has 0 saturated carbocycles. The Morgan fingerprint density at radius 1 is 0.857 bits per heavy atom. The summed E-state index contributed by atoms with van der Waals surface area (Å²) in [7, 11) is -3.95. The molecule has 0 amide bonds. The van der Waals surface area contributed by atoms with Crippen molar-refractivity contribution < 1.29 is 13.0 Å². The Kier molecular flexibility index (Phi) is 7.64. The van der Waals surface area contributed by atoms with Gasteiger partial charge in [-0.25, -0.2) is 0 Å². The van der Waals surface area contributed by atoms with Gasteiger partial charge in [0.15, 0.2) is 0 Å². The zero-order chi connectivity index (χ0) is 9.73. The van der Waals surface area contributed by atoms with Crippen LogP contribution in [0.2, 0.25) is 0 Å². The Morgan fingerprint density at radius 2 is 1.21 bits per heavy atom. The summed E-state index contributed by atoms with van der Waals surface area (Å²) in [4.78, 5) is 0. The zero-order valence-electron chi connectivity index (χ0n) is 7.78. The zero-order valence-corrected chi connectivity index (χ0v) is 8.59. The summed E-state index contributed by atoms with van der Waals surface area (Å²) in [6.07, 6.45) is 6.20. The third-order valence-corrected chi connectivity index (χ3v) is 3.41. The van der Waals surface area contributed by atoms with Crippen molar-refractivity contribution in [2.45, 2.75) is 38.5 Å². The van der Waals surface area contributed by atoms with E-state index >= 15 is 0 Å². The van der Waals surface area contributed by atoms with Gasteiger partial charge in [-0.1, -0.05) is 25.7 Å². The SMILES string of the molecule is O=S(=O)(O)N1CCCCCCCC1.[NaH]. The van der Waals surface area contributed by atoms with Crippen LogP contribution in [0.4, 0.5) is 0 Å². The molecule has 80 valence electrons. The Morgan fingerprint density at radius 3 is 1.57 bits per heavy atom. The predicted molar refractivity (Wildman–Crippen MR) is 58.0 cm³/mol. The van der Waals surface area contributed by atoms with E-state index in [1.807, 2.05) is 0 Å². The molecule has 0 aromatic heterocycles. The third-order valence-electron chi connectivity index (χ3n) is 2.39. The molecule has 0 atom stereocenters. The van der Waals surface area contributed by atoms with Gasteiger partial charge in [0.2, 0.25) is 0 Å². The first kappa shape index (κ1) is 14.9. The second-order valence-corrected chi connectivity index (χ2v) is 4.91. The van der Waals surface area contributed by atoms with Crippen molar-refractivity contribution in [3.05, 3.63) is 0 Å². The van der Waals surface area contributed by atoms with Gasteiger partial charge in [-0.3, -0.25) is 4.55 Å². The van der Waals surface area contributed by atoms with Crippen LogP contribution in [0.15, 0.2) is 0 Å². The number of rotatable bonds is 1. The second kappa shape index (κ2) is 7.19. The fourth-order valence-electron chi connectivity index (χ4n) is 1.63. The molecule has 0 aliphatic carbocycles. The molecule has 0 bridgehead atoms. The fourth-order valence-corrected chi connectivity index (χ4v) is 2.35. The summed E-state index contributed by atoms with van der Waals surface area (Å²) in [5.74, 6) is 0. The fraction of sp³-hybridized carbons (Fsp3) is 1.00. The van der Waals surface area contributed by atoms with Gasteiger partial charge < -0.3 is 0 Å². The molecule has 1 saturated heterocycles. The standard InChI is InChI=1S/C8H17NO3S.Na.H/c10-13(11,12)9-7-5-3-1-2-4-6-8-9;;/h1-8H2,(H,10,11,12);;. The monoisotopic (exact) mass is 231 g/mol. The van der Waals surface area contributed by atoms with Gasteiger partial charge in [0, 0.05) is 13.1 Å². The van der Waals surface area contributed by atoms with Crippen molar-refractivity contribution >= 4 is 39.9 Å². The van der Waals surface area contributed by atoms with Crippen LogP contribution < -0.4 is 0 Å². The van der Waals surface area contributed by atoms with E-state index in [2.05, 4.69) is 0 Å². The topological polar surface area (TPSA) is 57.6 Å². The average molecular weight is 231 g/mol. The van der Waals surface area contributed by atoms with Gasteiger partial charge in [0.05, 0.1) is 0 Å². The summed E-state index contributed by atoms with van der Waals surface area (Å²) < 4.78 is 31.7. The van der Waals surface area contributed by atoms with Crippen LogP contribution >= 0.6 is 0 Å². The van der Waals surface area contributed by atoms with E-state index in [-0.39, 0.29) is 29.6 Å². The van der Waals surface area contributed by atoms with Crippen molar-refractivity contribution in [2.24, 2.45) is 0 Å². The first-order valence-electron chi connectivity index (χ1n) is 4.83.